The van der Waals surface area contributed by atoms with Crippen molar-refractivity contribution in [1.82, 2.24) is 11.5 Å². The molecule has 0 aromatic heterocycles. The molecule has 2 rings (SSSR count). The van der Waals surface area contributed by atoms with E-state index in [1.165, 1.54) is 11.1 Å². The summed E-state index contributed by atoms with van der Waals surface area (Å²) < 4.78 is 0. The molecule has 0 bridgehead atoms. The van der Waals surface area contributed by atoms with Crippen molar-refractivity contribution in [3.05, 3.63) is 34.3 Å². The van der Waals surface area contributed by atoms with Crippen LogP contribution in [0, 0.1) is 0 Å². The molecule has 0 saturated carbocycles. The van der Waals surface area contributed by atoms with Crippen molar-refractivity contribution in [2.24, 2.45) is 0 Å². The number of halogens is 1. The van der Waals surface area contributed by atoms with Crippen LogP contribution in [0.4, 0.5) is 0 Å². The average molecular weight is 185 g/mol. The van der Waals surface area contributed by atoms with Gasteiger partial charge in [0.25, 0.3) is 0 Å². The van der Waals surface area contributed by atoms with Crippen LogP contribution in [0.15, 0.2) is 18.2 Å². The van der Waals surface area contributed by atoms with Crippen LogP contribution in [0.2, 0.25) is 5.02 Å². The van der Waals surface area contributed by atoms with Crippen molar-refractivity contribution in [3.8, 4) is 0 Å². The fourth-order valence-electron chi connectivity index (χ4n) is 1.47. The molecule has 1 heterocycles. The third-order valence-corrected chi connectivity index (χ3v) is 2.44. The zero-order chi connectivity index (χ0) is 7.68. The fraction of sp³-hybridized carbons (Fsp3) is 0.333. The molecule has 1 aromatic carbocycles. The lowest BCUT2D eigenvalue weighted by Gasteiger charge is -2.17. The van der Waals surface area contributed by atoms with E-state index in [9.17, 15) is 0 Å². The van der Waals surface area contributed by atoms with Crippen molar-refractivity contribution in [1.29, 1.82) is 0 Å². The second kappa shape index (κ2) is 3.90. The second-order valence-corrected chi connectivity index (χ2v) is 3.21. The van der Waals surface area contributed by atoms with E-state index in [4.69, 9.17) is 11.6 Å². The predicted molar refractivity (Wildman–Crippen MR) is 51.9 cm³/mol. The Morgan fingerprint density at radius 2 is 2.17 bits per heavy atom. The van der Waals surface area contributed by atoms with Gasteiger partial charge in [-0.15, -0.1) is 0 Å². The van der Waals surface area contributed by atoms with Crippen LogP contribution in [0.25, 0.3) is 0 Å². The molecule has 0 radical (unpaired) electrons. The first-order valence-electron chi connectivity index (χ1n) is 3.85. The molecular formula is C9H13ClN2. The highest BCUT2D eigenvalue weighted by atomic mass is 35.5. The molecule has 4 N–H and O–H groups in total. The SMILES string of the molecule is Clc1cccc2c1CNCC2.N. The highest BCUT2D eigenvalue weighted by molar-refractivity contribution is 6.31. The zero-order valence-corrected chi connectivity index (χ0v) is 7.69. The molecular weight excluding hydrogens is 172 g/mol. The van der Waals surface area contributed by atoms with Gasteiger partial charge in [-0.2, -0.15) is 0 Å². The summed E-state index contributed by atoms with van der Waals surface area (Å²) in [5.74, 6) is 0. The van der Waals surface area contributed by atoms with E-state index < -0.39 is 0 Å². The van der Waals surface area contributed by atoms with Crippen LogP contribution in [-0.4, -0.2) is 6.54 Å². The van der Waals surface area contributed by atoms with Crippen molar-refractivity contribution in [2.45, 2.75) is 13.0 Å². The van der Waals surface area contributed by atoms with Crippen molar-refractivity contribution in [3.63, 3.8) is 0 Å². The van der Waals surface area contributed by atoms with Crippen LogP contribution >= 0.6 is 11.6 Å². The molecule has 0 saturated heterocycles. The van der Waals surface area contributed by atoms with E-state index in [1.54, 1.807) is 0 Å². The van der Waals surface area contributed by atoms with Crippen LogP contribution in [0.3, 0.4) is 0 Å². The monoisotopic (exact) mass is 184 g/mol. The molecule has 66 valence electrons. The molecule has 0 spiro atoms. The van der Waals surface area contributed by atoms with Crippen LogP contribution < -0.4 is 11.5 Å². The van der Waals surface area contributed by atoms with Crippen LogP contribution in [0.1, 0.15) is 11.1 Å². The third kappa shape index (κ3) is 1.61. The molecule has 1 aliphatic rings. The summed E-state index contributed by atoms with van der Waals surface area (Å²) in [4.78, 5) is 0. The lowest BCUT2D eigenvalue weighted by Crippen LogP contribution is -2.23. The molecule has 0 fully saturated rings. The number of fused-ring (bicyclic) bond motifs is 1. The van der Waals surface area contributed by atoms with Gasteiger partial charge in [0.2, 0.25) is 0 Å². The Morgan fingerprint density at radius 3 is 2.92 bits per heavy atom. The summed E-state index contributed by atoms with van der Waals surface area (Å²) in [6.45, 7) is 2.00. The normalized spacial score (nSPS) is 14.8. The zero-order valence-electron chi connectivity index (χ0n) is 6.94. The second-order valence-electron chi connectivity index (χ2n) is 2.80. The van der Waals surface area contributed by atoms with E-state index in [0.29, 0.717) is 0 Å². The summed E-state index contributed by atoms with van der Waals surface area (Å²) in [6.07, 6.45) is 1.11. The number of nitrogens with one attached hydrogen (secondary N) is 1. The Balaban J connectivity index is 0.000000720. The lowest BCUT2D eigenvalue weighted by atomic mass is 10.0. The Bertz CT molecular complexity index is 273. The maximum Gasteiger partial charge on any atom is 0.0453 e. The molecule has 2 nitrogen and oxygen atoms in total. The molecule has 0 amide bonds. The van der Waals surface area contributed by atoms with Gasteiger partial charge < -0.3 is 11.5 Å². The summed E-state index contributed by atoms with van der Waals surface area (Å²) in [5, 5.41) is 4.20. The van der Waals surface area contributed by atoms with Gasteiger partial charge >= 0.3 is 0 Å². The van der Waals surface area contributed by atoms with Crippen molar-refractivity contribution >= 4 is 11.6 Å². The number of hydrogen-bond donors (Lipinski definition) is 2. The minimum atomic E-state index is 0. The summed E-state index contributed by atoms with van der Waals surface area (Å²) in [6, 6.07) is 6.13. The maximum absolute atomic E-state index is 6.00. The van der Waals surface area contributed by atoms with Gasteiger partial charge in [0.15, 0.2) is 0 Å². The standard InChI is InChI=1S/C9H10ClN.H3N/c10-9-3-1-2-7-4-5-11-6-8(7)9;/h1-3,11H,4-6H2;1H3. The molecule has 0 unspecified atom stereocenters. The van der Waals surface area contributed by atoms with E-state index in [2.05, 4.69) is 11.4 Å². The predicted octanol–water partition coefficient (Wildman–Crippen LogP) is 2.15. The number of rotatable bonds is 0. The topological polar surface area (TPSA) is 47.0 Å². The first kappa shape index (κ1) is 9.52. The summed E-state index contributed by atoms with van der Waals surface area (Å²) >= 11 is 6.00. The Morgan fingerprint density at radius 1 is 1.33 bits per heavy atom. The minimum absolute atomic E-state index is 0. The van der Waals surface area contributed by atoms with E-state index in [1.807, 2.05) is 12.1 Å². The average Bonchev–Trinajstić information content (AvgIpc) is 2.06. The third-order valence-electron chi connectivity index (χ3n) is 2.09. The van der Waals surface area contributed by atoms with Crippen LogP contribution in [-0.2, 0) is 13.0 Å². The molecule has 0 atom stereocenters. The van der Waals surface area contributed by atoms with E-state index in [0.717, 1.165) is 24.5 Å². The van der Waals surface area contributed by atoms with Gasteiger partial charge in [-0.05, 0) is 30.2 Å². The number of benzene rings is 1. The molecule has 1 aliphatic heterocycles. The van der Waals surface area contributed by atoms with Crippen molar-refractivity contribution in [2.75, 3.05) is 6.54 Å². The van der Waals surface area contributed by atoms with Gasteiger partial charge in [0, 0.05) is 11.6 Å². The highest BCUT2D eigenvalue weighted by Gasteiger charge is 2.09. The molecule has 12 heavy (non-hydrogen) atoms. The van der Waals surface area contributed by atoms with Crippen molar-refractivity contribution < 1.29 is 0 Å². The molecule has 3 heteroatoms. The number of hydrogen-bond acceptors (Lipinski definition) is 2. The van der Waals surface area contributed by atoms with Gasteiger partial charge in [-0.25, -0.2) is 0 Å². The van der Waals surface area contributed by atoms with E-state index in [-0.39, 0.29) is 6.15 Å². The van der Waals surface area contributed by atoms with Gasteiger partial charge in [-0.3, -0.25) is 0 Å². The highest BCUT2D eigenvalue weighted by Crippen LogP contribution is 2.22. The quantitative estimate of drug-likeness (QED) is 0.649. The van der Waals surface area contributed by atoms with Gasteiger partial charge in [0.1, 0.15) is 0 Å². The fourth-order valence-corrected chi connectivity index (χ4v) is 1.73. The largest absolute Gasteiger partial charge is 0.344 e. The lowest BCUT2D eigenvalue weighted by molar-refractivity contribution is 0.644. The molecule has 1 aromatic rings. The van der Waals surface area contributed by atoms with E-state index >= 15 is 0 Å². The Kier molecular flexibility index (Phi) is 3.09. The Hall–Kier alpha value is -0.570. The van der Waals surface area contributed by atoms with Gasteiger partial charge in [0.05, 0.1) is 0 Å². The first-order chi connectivity index (χ1) is 5.38. The summed E-state index contributed by atoms with van der Waals surface area (Å²) in [7, 11) is 0. The summed E-state index contributed by atoms with van der Waals surface area (Å²) in [5.41, 5.74) is 2.68. The van der Waals surface area contributed by atoms with Crippen LogP contribution in [0.5, 0.6) is 0 Å². The first-order valence-corrected chi connectivity index (χ1v) is 4.23. The van der Waals surface area contributed by atoms with Gasteiger partial charge in [-0.1, -0.05) is 23.7 Å². The maximum atomic E-state index is 6.00. The minimum Gasteiger partial charge on any atom is -0.344 e. The molecule has 0 aliphatic carbocycles. The smallest absolute Gasteiger partial charge is 0.0453 e. The Labute approximate surface area is 77.5 Å².